The van der Waals surface area contributed by atoms with Crippen LogP contribution in [-0.4, -0.2) is 25.6 Å². The molecule has 0 saturated heterocycles. The predicted molar refractivity (Wildman–Crippen MR) is 99.2 cm³/mol. The molecule has 0 saturated carbocycles. The standard InChI is InChI=1S/C19H23N3O3/c1-13(2)12-20-18(23)16-9-4-5-10-17(16)22-19(24)21-14-7-6-8-15(11-14)25-3/h4-11,13H,12H2,1-3H3,(H,20,23)(H2,21,22,24). The maximum Gasteiger partial charge on any atom is 0.323 e. The minimum atomic E-state index is -0.433. The number of hydrogen-bond acceptors (Lipinski definition) is 3. The number of amides is 3. The second-order valence-corrected chi connectivity index (χ2v) is 5.96. The molecule has 2 aromatic rings. The molecule has 3 N–H and O–H groups in total. The van der Waals surface area contributed by atoms with Crippen LogP contribution in [0.2, 0.25) is 0 Å². The molecule has 25 heavy (non-hydrogen) atoms. The van der Waals surface area contributed by atoms with Gasteiger partial charge in [0.05, 0.1) is 18.4 Å². The van der Waals surface area contributed by atoms with Crippen LogP contribution in [0.15, 0.2) is 48.5 Å². The molecular formula is C19H23N3O3. The van der Waals surface area contributed by atoms with E-state index in [4.69, 9.17) is 4.74 Å². The first-order valence-electron chi connectivity index (χ1n) is 8.09. The second kappa shape index (κ2) is 8.73. The van der Waals surface area contributed by atoms with Crippen LogP contribution in [-0.2, 0) is 0 Å². The van der Waals surface area contributed by atoms with Crippen molar-refractivity contribution in [3.8, 4) is 5.75 Å². The van der Waals surface area contributed by atoms with Gasteiger partial charge in [-0.05, 0) is 30.2 Å². The third kappa shape index (κ3) is 5.53. The van der Waals surface area contributed by atoms with Gasteiger partial charge < -0.3 is 20.7 Å². The fourth-order valence-electron chi connectivity index (χ4n) is 2.17. The molecule has 0 aliphatic rings. The van der Waals surface area contributed by atoms with E-state index in [2.05, 4.69) is 16.0 Å². The fraction of sp³-hybridized carbons (Fsp3) is 0.263. The quantitative estimate of drug-likeness (QED) is 0.749. The lowest BCUT2D eigenvalue weighted by Gasteiger charge is -2.13. The van der Waals surface area contributed by atoms with Crippen LogP contribution in [0.5, 0.6) is 5.75 Å². The number of benzene rings is 2. The zero-order valence-electron chi connectivity index (χ0n) is 14.6. The second-order valence-electron chi connectivity index (χ2n) is 5.96. The van der Waals surface area contributed by atoms with Crippen molar-refractivity contribution < 1.29 is 14.3 Å². The van der Waals surface area contributed by atoms with Gasteiger partial charge in [-0.3, -0.25) is 4.79 Å². The molecule has 0 fully saturated rings. The Morgan fingerprint density at radius 1 is 1.04 bits per heavy atom. The van der Waals surface area contributed by atoms with Gasteiger partial charge in [-0.1, -0.05) is 32.0 Å². The summed E-state index contributed by atoms with van der Waals surface area (Å²) in [6, 6.07) is 13.5. The SMILES string of the molecule is COc1cccc(NC(=O)Nc2ccccc2C(=O)NCC(C)C)c1. The molecule has 0 unspecified atom stereocenters. The molecule has 0 heterocycles. The van der Waals surface area contributed by atoms with Gasteiger partial charge in [-0.15, -0.1) is 0 Å². The zero-order valence-corrected chi connectivity index (χ0v) is 14.6. The van der Waals surface area contributed by atoms with Crippen molar-refractivity contribution in [3.05, 3.63) is 54.1 Å². The Kier molecular flexibility index (Phi) is 6.39. The Morgan fingerprint density at radius 2 is 1.80 bits per heavy atom. The normalized spacial score (nSPS) is 10.2. The van der Waals surface area contributed by atoms with E-state index >= 15 is 0 Å². The lowest BCUT2D eigenvalue weighted by atomic mass is 10.1. The number of urea groups is 1. The monoisotopic (exact) mass is 341 g/mol. The van der Waals surface area contributed by atoms with Crippen LogP contribution < -0.4 is 20.7 Å². The number of rotatable bonds is 6. The van der Waals surface area contributed by atoms with Crippen LogP contribution in [0, 0.1) is 5.92 Å². The summed E-state index contributed by atoms with van der Waals surface area (Å²) in [5.41, 5.74) is 1.46. The summed E-state index contributed by atoms with van der Waals surface area (Å²) < 4.78 is 5.13. The molecule has 6 nitrogen and oxygen atoms in total. The average Bonchev–Trinajstić information content (AvgIpc) is 2.60. The molecule has 0 aliphatic carbocycles. The number of carbonyl (C=O) groups excluding carboxylic acids is 2. The van der Waals surface area contributed by atoms with Crippen LogP contribution >= 0.6 is 0 Å². The summed E-state index contributed by atoms with van der Waals surface area (Å²) in [6.45, 7) is 4.61. The third-order valence-electron chi connectivity index (χ3n) is 3.42. The first-order valence-corrected chi connectivity index (χ1v) is 8.09. The van der Waals surface area contributed by atoms with Gasteiger partial charge in [0.1, 0.15) is 5.75 Å². The predicted octanol–water partition coefficient (Wildman–Crippen LogP) is 3.73. The number of carbonyl (C=O) groups is 2. The number of nitrogens with one attached hydrogen (secondary N) is 3. The van der Waals surface area contributed by atoms with E-state index in [1.807, 2.05) is 13.8 Å². The van der Waals surface area contributed by atoms with Gasteiger partial charge in [0.15, 0.2) is 0 Å². The smallest absolute Gasteiger partial charge is 0.323 e. The highest BCUT2D eigenvalue weighted by molar-refractivity contribution is 6.06. The molecule has 0 spiro atoms. The Bertz CT molecular complexity index is 744. The summed E-state index contributed by atoms with van der Waals surface area (Å²) in [7, 11) is 1.56. The van der Waals surface area contributed by atoms with E-state index in [0.29, 0.717) is 35.2 Å². The van der Waals surface area contributed by atoms with E-state index in [1.165, 1.54) is 0 Å². The Morgan fingerprint density at radius 3 is 2.52 bits per heavy atom. The van der Waals surface area contributed by atoms with Crippen molar-refractivity contribution in [2.75, 3.05) is 24.3 Å². The highest BCUT2D eigenvalue weighted by atomic mass is 16.5. The Labute approximate surface area is 147 Å². The number of methoxy groups -OCH3 is 1. The van der Waals surface area contributed by atoms with Crippen LogP contribution in [0.1, 0.15) is 24.2 Å². The van der Waals surface area contributed by atoms with Crippen LogP contribution in [0.4, 0.5) is 16.2 Å². The van der Waals surface area contributed by atoms with Gasteiger partial charge >= 0.3 is 6.03 Å². The van der Waals surface area contributed by atoms with Crippen LogP contribution in [0.3, 0.4) is 0 Å². The summed E-state index contributed by atoms with van der Waals surface area (Å²) in [5.74, 6) is 0.776. The molecule has 0 aromatic heterocycles. The van der Waals surface area contributed by atoms with E-state index in [9.17, 15) is 9.59 Å². The lowest BCUT2D eigenvalue weighted by molar-refractivity contribution is 0.0950. The van der Waals surface area contributed by atoms with Gasteiger partial charge in [0.2, 0.25) is 0 Å². The lowest BCUT2D eigenvalue weighted by Crippen LogP contribution is -2.29. The van der Waals surface area contributed by atoms with Gasteiger partial charge in [0.25, 0.3) is 5.91 Å². The highest BCUT2D eigenvalue weighted by Crippen LogP contribution is 2.18. The van der Waals surface area contributed by atoms with Crippen molar-refractivity contribution in [2.45, 2.75) is 13.8 Å². The van der Waals surface area contributed by atoms with Crippen molar-refractivity contribution in [1.82, 2.24) is 5.32 Å². The average molecular weight is 341 g/mol. The zero-order chi connectivity index (χ0) is 18.2. The largest absolute Gasteiger partial charge is 0.497 e. The van der Waals surface area contributed by atoms with Crippen molar-refractivity contribution in [1.29, 1.82) is 0 Å². The molecule has 132 valence electrons. The Hall–Kier alpha value is -3.02. The van der Waals surface area contributed by atoms with Gasteiger partial charge in [0, 0.05) is 18.3 Å². The first kappa shape index (κ1) is 18.3. The van der Waals surface area contributed by atoms with Crippen LogP contribution in [0.25, 0.3) is 0 Å². The number of ether oxygens (including phenoxy) is 1. The fourth-order valence-corrected chi connectivity index (χ4v) is 2.17. The molecular weight excluding hydrogens is 318 g/mol. The first-order chi connectivity index (χ1) is 12.0. The highest BCUT2D eigenvalue weighted by Gasteiger charge is 2.13. The number of anilines is 2. The minimum absolute atomic E-state index is 0.217. The summed E-state index contributed by atoms with van der Waals surface area (Å²) in [5, 5.41) is 8.28. The molecule has 0 aliphatic heterocycles. The van der Waals surface area contributed by atoms with Gasteiger partial charge in [-0.2, -0.15) is 0 Å². The molecule has 6 heteroatoms. The summed E-state index contributed by atoms with van der Waals surface area (Å²) in [4.78, 5) is 24.5. The number of hydrogen-bond donors (Lipinski definition) is 3. The van der Waals surface area contributed by atoms with Gasteiger partial charge in [-0.25, -0.2) is 4.79 Å². The van der Waals surface area contributed by atoms with Crippen molar-refractivity contribution >= 4 is 23.3 Å². The maximum atomic E-state index is 12.3. The number of para-hydroxylation sites is 1. The topological polar surface area (TPSA) is 79.5 Å². The Balaban J connectivity index is 2.06. The maximum absolute atomic E-state index is 12.3. The van der Waals surface area contributed by atoms with E-state index < -0.39 is 6.03 Å². The molecule has 3 amide bonds. The van der Waals surface area contributed by atoms with E-state index in [0.717, 1.165) is 0 Å². The van der Waals surface area contributed by atoms with Crippen molar-refractivity contribution in [3.63, 3.8) is 0 Å². The molecule has 0 bridgehead atoms. The summed E-state index contributed by atoms with van der Waals surface area (Å²) >= 11 is 0. The molecule has 2 aromatic carbocycles. The molecule has 0 radical (unpaired) electrons. The summed E-state index contributed by atoms with van der Waals surface area (Å²) in [6.07, 6.45) is 0. The minimum Gasteiger partial charge on any atom is -0.497 e. The molecule has 2 rings (SSSR count). The third-order valence-corrected chi connectivity index (χ3v) is 3.42. The molecule has 0 atom stereocenters. The van der Waals surface area contributed by atoms with Crippen molar-refractivity contribution in [2.24, 2.45) is 5.92 Å². The van der Waals surface area contributed by atoms with E-state index in [-0.39, 0.29) is 5.91 Å². The van der Waals surface area contributed by atoms with E-state index in [1.54, 1.807) is 55.6 Å².